The van der Waals surface area contributed by atoms with Crippen LogP contribution in [0, 0.1) is 17.1 Å². The van der Waals surface area contributed by atoms with Crippen molar-refractivity contribution in [2.75, 3.05) is 24.7 Å². The molecule has 0 saturated heterocycles. The molecule has 0 fully saturated rings. The third kappa shape index (κ3) is 4.10. The van der Waals surface area contributed by atoms with E-state index in [0.29, 0.717) is 39.3 Å². The molecule has 7 nitrogen and oxygen atoms in total. The third-order valence-corrected chi connectivity index (χ3v) is 7.65. The highest BCUT2D eigenvalue weighted by molar-refractivity contribution is 7.92. The third-order valence-electron chi connectivity index (χ3n) is 6.46. The first-order chi connectivity index (χ1) is 16.5. The zero-order chi connectivity index (χ0) is 25.5. The van der Waals surface area contributed by atoms with Crippen LogP contribution in [0.4, 0.5) is 10.1 Å². The molecule has 0 saturated carbocycles. The van der Waals surface area contributed by atoms with Crippen LogP contribution in [0.3, 0.4) is 0 Å². The van der Waals surface area contributed by atoms with Crippen molar-refractivity contribution in [3.8, 4) is 22.9 Å². The van der Waals surface area contributed by atoms with Gasteiger partial charge in [-0.15, -0.1) is 0 Å². The molecule has 1 heterocycles. The Kier molecular flexibility index (Phi) is 6.03. The molecule has 35 heavy (non-hydrogen) atoms. The molecule has 2 atom stereocenters. The number of likely N-dealkylation sites (N-methyl/N-ethyl adjacent to an activating group) is 1. The Bertz CT molecular complexity index is 1450. The number of fused-ring (bicyclic) bond motifs is 1. The zero-order valence-electron chi connectivity index (χ0n) is 19.7. The zero-order valence-corrected chi connectivity index (χ0v) is 20.5. The number of ether oxygens (including phenoxy) is 1. The van der Waals surface area contributed by atoms with Crippen LogP contribution in [0.15, 0.2) is 60.7 Å². The molecule has 2 unspecified atom stereocenters. The molecule has 1 N–H and O–H groups in total. The van der Waals surface area contributed by atoms with Gasteiger partial charge < -0.3 is 10.1 Å². The number of anilines is 1. The Labute approximate surface area is 203 Å². The van der Waals surface area contributed by atoms with E-state index >= 15 is 0 Å². The highest BCUT2D eigenvalue weighted by Gasteiger charge is 2.52. The van der Waals surface area contributed by atoms with Crippen molar-refractivity contribution in [2.45, 2.75) is 18.4 Å². The van der Waals surface area contributed by atoms with Gasteiger partial charge in [-0.1, -0.05) is 24.3 Å². The van der Waals surface area contributed by atoms with Gasteiger partial charge >= 0.3 is 0 Å². The monoisotopic (exact) mass is 493 g/mol. The lowest BCUT2D eigenvalue weighted by molar-refractivity contribution is -0.128. The largest absolute Gasteiger partial charge is 0.484 e. The standard InChI is InChI=1S/C26H24FN3O4S/c1-26(25(31)29-2)21-13-20(17-7-5-16(15-28)6-8-17)22(30(3)35(4,32)33)14-23(21)34-24(26)18-9-11-19(27)12-10-18/h5-14,24H,1-4H3,(H,29,31). The normalized spacial score (nSPS) is 18.8. The number of nitrogens with one attached hydrogen (secondary N) is 1. The quantitative estimate of drug-likeness (QED) is 0.581. The summed E-state index contributed by atoms with van der Waals surface area (Å²) in [5.41, 5.74) is 2.02. The Balaban J connectivity index is 1.98. The smallest absolute Gasteiger partial charge is 0.234 e. The molecule has 9 heteroatoms. The van der Waals surface area contributed by atoms with Crippen molar-refractivity contribution in [1.29, 1.82) is 5.26 Å². The number of nitriles is 1. The van der Waals surface area contributed by atoms with Gasteiger partial charge in [-0.2, -0.15) is 5.26 Å². The summed E-state index contributed by atoms with van der Waals surface area (Å²) in [4.78, 5) is 13.3. The van der Waals surface area contributed by atoms with Crippen LogP contribution in [0.5, 0.6) is 5.75 Å². The second-order valence-corrected chi connectivity index (χ2v) is 10.6. The molecule has 0 aliphatic carbocycles. The predicted octanol–water partition coefficient (Wildman–Crippen LogP) is 3.90. The van der Waals surface area contributed by atoms with Crippen LogP contribution >= 0.6 is 0 Å². The minimum atomic E-state index is -3.63. The van der Waals surface area contributed by atoms with E-state index in [0.717, 1.165) is 10.6 Å². The van der Waals surface area contributed by atoms with Crippen LogP contribution in [0.25, 0.3) is 11.1 Å². The van der Waals surface area contributed by atoms with Gasteiger partial charge in [-0.05, 0) is 48.4 Å². The van der Waals surface area contributed by atoms with E-state index in [4.69, 9.17) is 10.00 Å². The fourth-order valence-corrected chi connectivity index (χ4v) is 4.90. The van der Waals surface area contributed by atoms with E-state index in [1.807, 2.05) is 0 Å². The molecule has 0 radical (unpaired) electrons. The Hall–Kier alpha value is -3.90. The van der Waals surface area contributed by atoms with Gasteiger partial charge in [0.1, 0.15) is 23.1 Å². The molecule has 1 aliphatic heterocycles. The maximum absolute atomic E-state index is 13.6. The van der Waals surface area contributed by atoms with Crippen LogP contribution in [0.1, 0.15) is 29.7 Å². The Morgan fingerprint density at radius 1 is 1.14 bits per heavy atom. The maximum atomic E-state index is 13.6. The molecule has 0 aromatic heterocycles. The van der Waals surface area contributed by atoms with E-state index in [-0.39, 0.29) is 5.91 Å². The number of carbonyl (C=O) groups excluding carboxylic acids is 1. The first-order valence-corrected chi connectivity index (χ1v) is 12.6. The lowest BCUT2D eigenvalue weighted by atomic mass is 9.75. The van der Waals surface area contributed by atoms with Gasteiger partial charge in [-0.25, -0.2) is 12.8 Å². The number of halogens is 1. The van der Waals surface area contributed by atoms with Gasteiger partial charge in [0.25, 0.3) is 0 Å². The number of hydrogen-bond donors (Lipinski definition) is 1. The van der Waals surface area contributed by atoms with Crippen LogP contribution in [-0.2, 0) is 20.2 Å². The van der Waals surface area contributed by atoms with Crippen molar-refractivity contribution in [3.05, 3.63) is 83.2 Å². The fourth-order valence-electron chi connectivity index (χ4n) is 4.39. The van der Waals surface area contributed by atoms with Crippen LogP contribution in [0.2, 0.25) is 0 Å². The van der Waals surface area contributed by atoms with Gasteiger partial charge in [0.15, 0.2) is 0 Å². The molecule has 3 aromatic carbocycles. The summed E-state index contributed by atoms with van der Waals surface area (Å²) < 4.78 is 45.9. The highest BCUT2D eigenvalue weighted by Crippen LogP contribution is 2.53. The van der Waals surface area contributed by atoms with Crippen molar-refractivity contribution < 1.29 is 22.3 Å². The maximum Gasteiger partial charge on any atom is 0.234 e. The van der Waals surface area contributed by atoms with Crippen LogP contribution in [-0.4, -0.2) is 34.7 Å². The van der Waals surface area contributed by atoms with E-state index in [1.165, 1.54) is 26.2 Å². The van der Waals surface area contributed by atoms with Gasteiger partial charge in [0, 0.05) is 31.3 Å². The second kappa shape index (κ2) is 8.71. The van der Waals surface area contributed by atoms with Crippen molar-refractivity contribution in [1.82, 2.24) is 5.32 Å². The summed E-state index contributed by atoms with van der Waals surface area (Å²) in [7, 11) is -0.665. The summed E-state index contributed by atoms with van der Waals surface area (Å²) in [6.07, 6.45) is 0.324. The second-order valence-electron chi connectivity index (χ2n) is 8.62. The van der Waals surface area contributed by atoms with Crippen molar-refractivity contribution >= 4 is 21.6 Å². The summed E-state index contributed by atoms with van der Waals surface area (Å²) >= 11 is 0. The van der Waals surface area contributed by atoms with E-state index in [1.54, 1.807) is 55.5 Å². The molecule has 3 aromatic rings. The average molecular weight is 494 g/mol. The number of hydrogen-bond acceptors (Lipinski definition) is 5. The van der Waals surface area contributed by atoms with Crippen LogP contribution < -0.4 is 14.4 Å². The number of benzene rings is 3. The molecule has 0 bridgehead atoms. The first-order valence-electron chi connectivity index (χ1n) is 10.8. The first kappa shape index (κ1) is 24.2. The summed E-state index contributed by atoms with van der Waals surface area (Å²) in [6.45, 7) is 1.74. The topological polar surface area (TPSA) is 99.5 Å². The van der Waals surface area contributed by atoms with Crippen molar-refractivity contribution in [2.24, 2.45) is 0 Å². The van der Waals surface area contributed by atoms with E-state index < -0.39 is 27.4 Å². The lowest BCUT2D eigenvalue weighted by Crippen LogP contribution is -2.43. The molecular weight excluding hydrogens is 469 g/mol. The van der Waals surface area contributed by atoms with E-state index in [2.05, 4.69) is 11.4 Å². The van der Waals surface area contributed by atoms with Gasteiger partial charge in [-0.3, -0.25) is 9.10 Å². The Morgan fingerprint density at radius 2 is 1.77 bits per heavy atom. The Morgan fingerprint density at radius 3 is 2.31 bits per heavy atom. The minimum absolute atomic E-state index is 0.305. The lowest BCUT2D eigenvalue weighted by Gasteiger charge is -2.29. The summed E-state index contributed by atoms with van der Waals surface area (Å²) in [6, 6.07) is 17.9. The molecular formula is C26H24FN3O4S. The predicted molar refractivity (Wildman–Crippen MR) is 131 cm³/mol. The highest BCUT2D eigenvalue weighted by atomic mass is 32.2. The average Bonchev–Trinajstić information content (AvgIpc) is 3.14. The van der Waals surface area contributed by atoms with Crippen molar-refractivity contribution in [3.63, 3.8) is 0 Å². The van der Waals surface area contributed by atoms with Gasteiger partial charge in [0.2, 0.25) is 15.9 Å². The molecule has 4 rings (SSSR count). The fraction of sp³-hybridized carbons (Fsp3) is 0.231. The minimum Gasteiger partial charge on any atom is -0.484 e. The number of carbonyl (C=O) groups is 1. The number of amides is 1. The number of nitrogens with zero attached hydrogens (tertiary/aromatic N) is 2. The molecule has 0 spiro atoms. The summed E-state index contributed by atoms with van der Waals surface area (Å²) in [5.74, 6) is -0.361. The molecule has 1 amide bonds. The SMILES string of the molecule is CNC(=O)C1(C)c2cc(-c3ccc(C#N)cc3)c(N(C)S(C)(=O)=O)cc2OC1c1ccc(F)cc1. The number of rotatable bonds is 5. The van der Waals surface area contributed by atoms with Gasteiger partial charge in [0.05, 0.1) is 23.6 Å². The van der Waals surface area contributed by atoms with E-state index in [9.17, 15) is 17.6 Å². The molecule has 1 aliphatic rings. The number of sulfonamides is 1. The molecule has 180 valence electrons. The summed E-state index contributed by atoms with van der Waals surface area (Å²) in [5, 5.41) is 11.9.